The van der Waals surface area contributed by atoms with Gasteiger partial charge in [0.2, 0.25) is 10.0 Å². The molecule has 1 saturated heterocycles. The molecule has 1 unspecified atom stereocenters. The smallest absolute Gasteiger partial charge is 0.240 e. The van der Waals surface area contributed by atoms with Crippen LogP contribution in [0.4, 0.5) is 0 Å². The molecule has 0 amide bonds. The molecule has 19 heavy (non-hydrogen) atoms. The van der Waals surface area contributed by atoms with Gasteiger partial charge in [-0.25, -0.2) is 13.1 Å². The summed E-state index contributed by atoms with van der Waals surface area (Å²) in [5, 5.41) is 10.5. The van der Waals surface area contributed by atoms with Crippen LogP contribution in [0.2, 0.25) is 10.0 Å². The highest BCUT2D eigenvalue weighted by Gasteiger charge is 2.33. The monoisotopic (exact) mass is 325 g/mol. The molecule has 1 aromatic carbocycles. The lowest BCUT2D eigenvalue weighted by Gasteiger charge is -2.20. The molecule has 0 aromatic heterocycles. The van der Waals surface area contributed by atoms with Gasteiger partial charge in [0.05, 0.1) is 11.5 Å². The van der Waals surface area contributed by atoms with Gasteiger partial charge in [0.25, 0.3) is 0 Å². The van der Waals surface area contributed by atoms with E-state index in [9.17, 15) is 13.5 Å². The van der Waals surface area contributed by atoms with E-state index in [0.29, 0.717) is 13.0 Å². The number of aliphatic hydroxyl groups is 1. The second-order valence-electron chi connectivity index (χ2n) is 4.46. The van der Waals surface area contributed by atoms with Crippen molar-refractivity contribution in [1.29, 1.82) is 0 Å². The predicted molar refractivity (Wildman–Crippen MR) is 72.0 cm³/mol. The van der Waals surface area contributed by atoms with Gasteiger partial charge in [-0.3, -0.25) is 0 Å². The second kappa shape index (κ2) is 5.55. The third-order valence-corrected chi connectivity index (χ3v) is 4.64. The minimum Gasteiger partial charge on any atom is -0.386 e. The van der Waals surface area contributed by atoms with Crippen LogP contribution in [0.15, 0.2) is 23.1 Å². The standard InChI is InChI=1S/C11H13Cl2NO4S/c12-8-3-9(13)5-10(4-8)19(16,17)14-6-11(15)1-2-18-7-11/h3-5,14-15H,1-2,6-7H2. The van der Waals surface area contributed by atoms with Gasteiger partial charge < -0.3 is 9.84 Å². The minimum absolute atomic E-state index is 0.0347. The first-order chi connectivity index (χ1) is 8.81. The van der Waals surface area contributed by atoms with Crippen LogP contribution >= 0.6 is 23.2 Å². The van der Waals surface area contributed by atoms with E-state index in [1.54, 1.807) is 0 Å². The third kappa shape index (κ3) is 3.81. The number of halogens is 2. The average Bonchev–Trinajstić information content (AvgIpc) is 2.73. The fourth-order valence-electron chi connectivity index (χ4n) is 1.73. The van der Waals surface area contributed by atoms with Crippen LogP contribution in [0.25, 0.3) is 0 Å². The van der Waals surface area contributed by atoms with Gasteiger partial charge in [0.1, 0.15) is 5.60 Å². The molecular formula is C11H13Cl2NO4S. The lowest BCUT2D eigenvalue weighted by atomic mass is 10.1. The van der Waals surface area contributed by atoms with Gasteiger partial charge in [-0.05, 0) is 18.2 Å². The zero-order chi connectivity index (χ0) is 14.1. The highest BCUT2D eigenvalue weighted by molar-refractivity contribution is 7.89. The molecule has 0 bridgehead atoms. The molecule has 0 aliphatic carbocycles. The first kappa shape index (κ1) is 15.0. The normalized spacial score (nSPS) is 23.7. The highest BCUT2D eigenvalue weighted by Crippen LogP contribution is 2.23. The maximum Gasteiger partial charge on any atom is 0.240 e. The van der Waals surface area contributed by atoms with Crippen molar-refractivity contribution in [3.8, 4) is 0 Å². The number of hydrogen-bond acceptors (Lipinski definition) is 4. The molecule has 1 atom stereocenters. The average molecular weight is 326 g/mol. The van der Waals surface area contributed by atoms with Gasteiger partial charge >= 0.3 is 0 Å². The summed E-state index contributed by atoms with van der Waals surface area (Å²) >= 11 is 11.5. The topological polar surface area (TPSA) is 75.6 Å². The number of hydrogen-bond donors (Lipinski definition) is 2. The summed E-state index contributed by atoms with van der Waals surface area (Å²) in [5.41, 5.74) is -1.16. The predicted octanol–water partition coefficient (Wildman–Crippen LogP) is 1.42. The zero-order valence-corrected chi connectivity index (χ0v) is 12.2. The summed E-state index contributed by atoms with van der Waals surface area (Å²) in [7, 11) is -3.77. The van der Waals surface area contributed by atoms with Gasteiger partial charge in [-0.2, -0.15) is 0 Å². The summed E-state index contributed by atoms with van der Waals surface area (Å²) < 4.78 is 31.5. The van der Waals surface area contributed by atoms with Crippen molar-refractivity contribution >= 4 is 33.2 Å². The molecule has 8 heteroatoms. The van der Waals surface area contributed by atoms with Crippen molar-refractivity contribution < 1.29 is 18.3 Å². The van der Waals surface area contributed by atoms with E-state index in [-0.39, 0.29) is 28.1 Å². The Labute approximate surface area is 121 Å². The molecule has 1 heterocycles. The van der Waals surface area contributed by atoms with Gasteiger partial charge in [-0.1, -0.05) is 23.2 Å². The Morgan fingerprint density at radius 1 is 1.32 bits per heavy atom. The number of benzene rings is 1. The van der Waals surface area contributed by atoms with E-state index in [0.717, 1.165) is 0 Å². The Hall–Kier alpha value is -0.370. The van der Waals surface area contributed by atoms with Crippen molar-refractivity contribution in [1.82, 2.24) is 4.72 Å². The SMILES string of the molecule is O=S(=O)(NCC1(O)CCOC1)c1cc(Cl)cc(Cl)c1. The quantitative estimate of drug-likeness (QED) is 0.877. The lowest BCUT2D eigenvalue weighted by Crippen LogP contribution is -2.43. The van der Waals surface area contributed by atoms with E-state index in [1.165, 1.54) is 18.2 Å². The first-order valence-electron chi connectivity index (χ1n) is 5.57. The summed E-state index contributed by atoms with van der Waals surface area (Å²) in [6.45, 7) is 0.423. The van der Waals surface area contributed by atoms with Crippen LogP contribution in [0, 0.1) is 0 Å². The van der Waals surface area contributed by atoms with E-state index in [4.69, 9.17) is 27.9 Å². The van der Waals surface area contributed by atoms with Crippen LogP contribution in [-0.4, -0.2) is 38.9 Å². The van der Waals surface area contributed by atoms with Crippen molar-refractivity contribution in [2.75, 3.05) is 19.8 Å². The molecule has 5 nitrogen and oxygen atoms in total. The summed E-state index contributed by atoms with van der Waals surface area (Å²) in [6, 6.07) is 4.04. The van der Waals surface area contributed by atoms with Gasteiger partial charge in [0, 0.05) is 29.6 Å². The van der Waals surface area contributed by atoms with Crippen LogP contribution in [0.1, 0.15) is 6.42 Å². The van der Waals surface area contributed by atoms with Crippen molar-refractivity contribution in [2.24, 2.45) is 0 Å². The van der Waals surface area contributed by atoms with Crippen molar-refractivity contribution in [3.05, 3.63) is 28.2 Å². The third-order valence-electron chi connectivity index (χ3n) is 2.82. The van der Waals surface area contributed by atoms with Crippen LogP contribution in [-0.2, 0) is 14.8 Å². The number of rotatable bonds is 4. The molecule has 1 aliphatic heterocycles. The Morgan fingerprint density at radius 3 is 2.47 bits per heavy atom. The Morgan fingerprint density at radius 2 is 1.95 bits per heavy atom. The number of nitrogens with one attached hydrogen (secondary N) is 1. The van der Waals surface area contributed by atoms with E-state index in [1.807, 2.05) is 0 Å². The Bertz CT molecular complexity index is 550. The van der Waals surface area contributed by atoms with Crippen LogP contribution in [0.3, 0.4) is 0 Å². The van der Waals surface area contributed by atoms with Crippen LogP contribution in [0.5, 0.6) is 0 Å². The molecule has 2 N–H and O–H groups in total. The summed E-state index contributed by atoms with van der Waals surface area (Å²) in [6.07, 6.45) is 0.395. The van der Waals surface area contributed by atoms with E-state index in [2.05, 4.69) is 4.72 Å². The molecule has 2 rings (SSSR count). The maximum absolute atomic E-state index is 12.1. The molecule has 0 radical (unpaired) electrons. The summed E-state index contributed by atoms with van der Waals surface area (Å²) in [4.78, 5) is -0.0347. The van der Waals surface area contributed by atoms with Crippen LogP contribution < -0.4 is 4.72 Å². The number of sulfonamides is 1. The van der Waals surface area contributed by atoms with Crippen molar-refractivity contribution in [2.45, 2.75) is 16.9 Å². The lowest BCUT2D eigenvalue weighted by molar-refractivity contribution is 0.0314. The summed E-state index contributed by atoms with van der Waals surface area (Å²) in [5.74, 6) is 0. The van der Waals surface area contributed by atoms with Gasteiger partial charge in [0.15, 0.2) is 0 Å². The van der Waals surface area contributed by atoms with Crippen molar-refractivity contribution in [3.63, 3.8) is 0 Å². The second-order valence-corrected chi connectivity index (χ2v) is 7.10. The molecule has 106 valence electrons. The van der Waals surface area contributed by atoms with E-state index < -0.39 is 15.6 Å². The molecule has 0 saturated carbocycles. The number of ether oxygens (including phenoxy) is 1. The molecule has 0 spiro atoms. The zero-order valence-electron chi connectivity index (χ0n) is 9.90. The highest BCUT2D eigenvalue weighted by atomic mass is 35.5. The molecule has 1 aliphatic rings. The first-order valence-corrected chi connectivity index (χ1v) is 7.81. The minimum atomic E-state index is -3.77. The fourth-order valence-corrected chi connectivity index (χ4v) is 3.58. The molecular weight excluding hydrogens is 313 g/mol. The Balaban J connectivity index is 2.13. The van der Waals surface area contributed by atoms with E-state index >= 15 is 0 Å². The largest absolute Gasteiger partial charge is 0.386 e. The fraction of sp³-hybridized carbons (Fsp3) is 0.455. The maximum atomic E-state index is 12.1. The van der Waals surface area contributed by atoms with Gasteiger partial charge in [-0.15, -0.1) is 0 Å². The molecule has 1 fully saturated rings. The molecule has 1 aromatic rings. The Kier molecular flexibility index (Phi) is 4.39.